The highest BCUT2D eigenvalue weighted by Gasteiger charge is 2.41. The van der Waals surface area contributed by atoms with Crippen LogP contribution in [-0.4, -0.2) is 11.8 Å². The quantitative estimate of drug-likeness (QED) is 0.519. The Morgan fingerprint density at radius 3 is 2.33 bits per heavy atom. The van der Waals surface area contributed by atoms with Crippen molar-refractivity contribution >= 4 is 17.5 Å². The summed E-state index contributed by atoms with van der Waals surface area (Å²) in [4.78, 5) is 23.5. The molecule has 0 spiro atoms. The fourth-order valence-electron chi connectivity index (χ4n) is 2.15. The van der Waals surface area contributed by atoms with Crippen LogP contribution in [0, 0.1) is 0 Å². The molecule has 0 unspecified atom stereocenters. The molecule has 2 amide bonds. The zero-order chi connectivity index (χ0) is 13.3. The largest absolute Gasteiger partial charge is 0.399 e. The van der Waals surface area contributed by atoms with E-state index >= 15 is 0 Å². The molecule has 18 heavy (non-hydrogen) atoms. The monoisotopic (exact) mass is 245 g/mol. The van der Waals surface area contributed by atoms with E-state index in [1.54, 1.807) is 24.3 Å². The lowest BCUT2D eigenvalue weighted by Crippen LogP contribution is -2.51. The van der Waals surface area contributed by atoms with Gasteiger partial charge in [0, 0.05) is 5.69 Å². The minimum absolute atomic E-state index is 0.0632. The van der Waals surface area contributed by atoms with Crippen LogP contribution in [0.3, 0.4) is 0 Å². The van der Waals surface area contributed by atoms with Gasteiger partial charge in [-0.05, 0) is 30.2 Å². The van der Waals surface area contributed by atoms with Crippen molar-refractivity contribution in [2.75, 3.05) is 5.73 Å². The number of imide groups is 1. The maximum absolute atomic E-state index is 12.1. The first kappa shape index (κ1) is 12.2. The van der Waals surface area contributed by atoms with Crippen molar-refractivity contribution in [1.29, 1.82) is 0 Å². The summed E-state index contributed by atoms with van der Waals surface area (Å²) in [5.41, 5.74) is 11.8. The van der Waals surface area contributed by atoms with Gasteiger partial charge in [0.2, 0.25) is 5.91 Å². The van der Waals surface area contributed by atoms with Crippen molar-refractivity contribution in [3.05, 3.63) is 41.6 Å². The van der Waals surface area contributed by atoms with E-state index in [-0.39, 0.29) is 11.6 Å². The molecule has 0 saturated carbocycles. The summed E-state index contributed by atoms with van der Waals surface area (Å²) < 4.78 is 0. The normalized spacial score (nSPS) is 23.5. The number of nitrogens with one attached hydrogen (secondary N) is 1. The molecule has 1 aromatic rings. The second-order valence-corrected chi connectivity index (χ2v) is 4.33. The number of nitrogen functional groups attached to an aromatic ring is 1. The predicted octanol–water partition coefficient (Wildman–Crippen LogP) is 0.416. The highest BCUT2D eigenvalue weighted by Crippen LogP contribution is 2.33. The van der Waals surface area contributed by atoms with Gasteiger partial charge in [-0.2, -0.15) is 0 Å². The van der Waals surface area contributed by atoms with Gasteiger partial charge in [-0.1, -0.05) is 19.1 Å². The van der Waals surface area contributed by atoms with Gasteiger partial charge in [0.1, 0.15) is 0 Å². The summed E-state index contributed by atoms with van der Waals surface area (Å²) in [5, 5.41) is 2.28. The third kappa shape index (κ3) is 1.73. The SMILES string of the molecule is CC[C@@]1(c2ccc(N)cc2)C=C(N)C(=O)NC1=O. The van der Waals surface area contributed by atoms with Crippen molar-refractivity contribution in [3.63, 3.8) is 0 Å². The van der Waals surface area contributed by atoms with Gasteiger partial charge in [0.15, 0.2) is 0 Å². The number of benzene rings is 1. The molecule has 0 bridgehead atoms. The maximum atomic E-state index is 12.1. The van der Waals surface area contributed by atoms with Gasteiger partial charge in [-0.25, -0.2) is 0 Å². The number of carbonyl (C=O) groups excluding carboxylic acids is 2. The molecule has 0 aliphatic carbocycles. The third-order valence-electron chi connectivity index (χ3n) is 3.28. The molecule has 1 aromatic carbocycles. The highest BCUT2D eigenvalue weighted by molar-refractivity contribution is 6.11. The number of anilines is 1. The molecule has 5 N–H and O–H groups in total. The lowest BCUT2D eigenvalue weighted by atomic mass is 9.75. The van der Waals surface area contributed by atoms with Gasteiger partial charge in [0.05, 0.1) is 11.1 Å². The average molecular weight is 245 g/mol. The molecule has 2 rings (SSSR count). The number of hydrogen-bond donors (Lipinski definition) is 3. The smallest absolute Gasteiger partial charge is 0.273 e. The van der Waals surface area contributed by atoms with E-state index in [4.69, 9.17) is 11.5 Å². The van der Waals surface area contributed by atoms with Crippen LogP contribution in [-0.2, 0) is 15.0 Å². The lowest BCUT2D eigenvalue weighted by molar-refractivity contribution is -0.132. The van der Waals surface area contributed by atoms with Gasteiger partial charge in [-0.15, -0.1) is 0 Å². The fourth-order valence-corrected chi connectivity index (χ4v) is 2.15. The molecule has 1 aliphatic heterocycles. The predicted molar refractivity (Wildman–Crippen MR) is 68.2 cm³/mol. The second-order valence-electron chi connectivity index (χ2n) is 4.33. The molecule has 0 saturated heterocycles. The first-order valence-electron chi connectivity index (χ1n) is 5.69. The lowest BCUT2D eigenvalue weighted by Gasteiger charge is -2.32. The summed E-state index contributed by atoms with van der Waals surface area (Å²) in [5.74, 6) is -0.895. The van der Waals surface area contributed by atoms with E-state index in [9.17, 15) is 9.59 Å². The first-order chi connectivity index (χ1) is 8.49. The maximum Gasteiger partial charge on any atom is 0.273 e. The minimum Gasteiger partial charge on any atom is -0.399 e. The van der Waals surface area contributed by atoms with Gasteiger partial charge in [0.25, 0.3) is 5.91 Å². The van der Waals surface area contributed by atoms with Crippen LogP contribution in [0.25, 0.3) is 0 Å². The summed E-state index contributed by atoms with van der Waals surface area (Å²) in [6, 6.07) is 7.00. The van der Waals surface area contributed by atoms with E-state index in [1.807, 2.05) is 6.92 Å². The highest BCUT2D eigenvalue weighted by atomic mass is 16.2. The molecular weight excluding hydrogens is 230 g/mol. The molecule has 94 valence electrons. The van der Waals surface area contributed by atoms with Gasteiger partial charge in [-0.3, -0.25) is 14.9 Å². The van der Waals surface area contributed by atoms with Crippen molar-refractivity contribution < 1.29 is 9.59 Å². The molecule has 0 radical (unpaired) electrons. The number of rotatable bonds is 2. The first-order valence-corrected chi connectivity index (χ1v) is 5.69. The molecule has 0 fully saturated rings. The van der Waals surface area contributed by atoms with Crippen LogP contribution in [0.5, 0.6) is 0 Å². The fraction of sp³-hybridized carbons (Fsp3) is 0.231. The van der Waals surface area contributed by atoms with Crippen LogP contribution >= 0.6 is 0 Å². The third-order valence-corrected chi connectivity index (χ3v) is 3.28. The van der Waals surface area contributed by atoms with E-state index in [1.165, 1.54) is 6.08 Å². The van der Waals surface area contributed by atoms with E-state index in [0.717, 1.165) is 5.56 Å². The summed E-state index contributed by atoms with van der Waals surface area (Å²) in [6.07, 6.45) is 2.04. The van der Waals surface area contributed by atoms with Crippen LogP contribution in [0.2, 0.25) is 0 Å². The Morgan fingerprint density at radius 2 is 1.78 bits per heavy atom. The Bertz CT molecular complexity index is 534. The van der Waals surface area contributed by atoms with E-state index < -0.39 is 11.3 Å². The second kappa shape index (κ2) is 4.18. The van der Waals surface area contributed by atoms with Gasteiger partial charge >= 0.3 is 0 Å². The topological polar surface area (TPSA) is 98.2 Å². The van der Waals surface area contributed by atoms with Crippen molar-refractivity contribution in [3.8, 4) is 0 Å². The molecule has 1 aliphatic rings. The molecule has 1 heterocycles. The summed E-state index contributed by atoms with van der Waals surface area (Å²) in [6.45, 7) is 1.87. The molecule has 0 aromatic heterocycles. The number of hydrogen-bond acceptors (Lipinski definition) is 4. The molecule has 1 atom stereocenters. The Labute approximate surface area is 105 Å². The zero-order valence-electron chi connectivity index (χ0n) is 10.1. The number of nitrogens with two attached hydrogens (primary N) is 2. The molecule has 5 heteroatoms. The molecular formula is C13H15N3O2. The molecule has 5 nitrogen and oxygen atoms in total. The Kier molecular flexibility index (Phi) is 2.82. The Balaban J connectivity index is 2.57. The Morgan fingerprint density at radius 1 is 1.17 bits per heavy atom. The summed E-state index contributed by atoms with van der Waals surface area (Å²) >= 11 is 0. The van der Waals surface area contributed by atoms with Gasteiger partial charge < -0.3 is 11.5 Å². The van der Waals surface area contributed by atoms with Crippen LogP contribution in [0.4, 0.5) is 5.69 Å². The Hall–Kier alpha value is -2.30. The van der Waals surface area contributed by atoms with Crippen molar-refractivity contribution in [1.82, 2.24) is 5.32 Å². The zero-order valence-corrected chi connectivity index (χ0v) is 10.1. The van der Waals surface area contributed by atoms with Crippen LogP contribution in [0.15, 0.2) is 36.0 Å². The number of carbonyl (C=O) groups is 2. The standard InChI is InChI=1S/C13H15N3O2/c1-2-13(8-3-5-9(14)6-4-8)7-10(15)11(17)16-12(13)18/h3-7H,2,14-15H2,1H3,(H,16,17,18)/t13-/m0/s1. The van der Waals surface area contributed by atoms with E-state index in [0.29, 0.717) is 12.1 Å². The van der Waals surface area contributed by atoms with Crippen molar-refractivity contribution in [2.45, 2.75) is 18.8 Å². The van der Waals surface area contributed by atoms with E-state index in [2.05, 4.69) is 5.32 Å². The summed E-state index contributed by atoms with van der Waals surface area (Å²) in [7, 11) is 0. The number of amides is 2. The van der Waals surface area contributed by atoms with Crippen LogP contribution in [0.1, 0.15) is 18.9 Å². The van der Waals surface area contributed by atoms with Crippen molar-refractivity contribution in [2.24, 2.45) is 5.73 Å². The minimum atomic E-state index is -0.897. The average Bonchev–Trinajstić information content (AvgIpc) is 2.35. The van der Waals surface area contributed by atoms with Crippen LogP contribution < -0.4 is 16.8 Å².